The van der Waals surface area contributed by atoms with Crippen molar-refractivity contribution in [2.75, 3.05) is 25.7 Å². The number of rotatable bonds is 3. The number of nitrogens with zero attached hydrogens (tertiary/aromatic N) is 3. The first-order valence-corrected chi connectivity index (χ1v) is 10.8. The van der Waals surface area contributed by atoms with E-state index < -0.39 is 0 Å². The molecule has 0 spiro atoms. The summed E-state index contributed by atoms with van der Waals surface area (Å²) >= 11 is 4.38. The lowest BCUT2D eigenvalue weighted by Gasteiger charge is -2.23. The molecule has 1 aromatic heterocycles. The number of halogens is 2. The maximum atomic E-state index is 12.5. The molecular weight excluding hydrogens is 536 g/mol. The summed E-state index contributed by atoms with van der Waals surface area (Å²) in [4.78, 5) is 19.5. The second kappa shape index (κ2) is 9.30. The molecule has 24 heavy (non-hydrogen) atoms. The van der Waals surface area contributed by atoms with Crippen LogP contribution < -0.4 is 0 Å². The van der Waals surface area contributed by atoms with E-state index in [0.29, 0.717) is 5.69 Å². The molecule has 1 amide bonds. The van der Waals surface area contributed by atoms with Crippen LogP contribution >= 0.6 is 45.2 Å². The minimum Gasteiger partial charge on any atom is -0.356 e. The van der Waals surface area contributed by atoms with Gasteiger partial charge in [-0.15, -0.1) is 0 Å². The fourth-order valence-corrected chi connectivity index (χ4v) is 3.13. The van der Waals surface area contributed by atoms with Crippen molar-refractivity contribution in [3.05, 3.63) is 27.5 Å². The molecule has 0 bridgehead atoms. The van der Waals surface area contributed by atoms with Crippen LogP contribution in [0.1, 0.15) is 36.0 Å². The molecule has 0 aliphatic carbocycles. The van der Waals surface area contributed by atoms with Gasteiger partial charge in [0, 0.05) is 22.6 Å². The Kier molecular flexibility index (Phi) is 7.69. The van der Waals surface area contributed by atoms with Crippen LogP contribution in [0.5, 0.6) is 0 Å². The monoisotopic (exact) mass is 557 g/mol. The highest BCUT2D eigenvalue weighted by molar-refractivity contribution is 14.1. The van der Waals surface area contributed by atoms with E-state index in [1.807, 2.05) is 27.8 Å². The molecule has 1 saturated heterocycles. The fourth-order valence-electron chi connectivity index (χ4n) is 2.64. The van der Waals surface area contributed by atoms with Crippen LogP contribution in [0.2, 0.25) is 0 Å². The molecule has 2 aromatic rings. The highest BCUT2D eigenvalue weighted by Crippen LogP contribution is 2.29. The molecule has 0 saturated carbocycles. The lowest BCUT2D eigenvalue weighted by molar-refractivity contribution is -0.0762. The van der Waals surface area contributed by atoms with E-state index in [4.69, 9.17) is 9.57 Å². The molecule has 6 nitrogen and oxygen atoms in total. The molecule has 8 heteroatoms. The summed E-state index contributed by atoms with van der Waals surface area (Å²) in [5.74, 6) is -0.260. The first kappa shape index (κ1) is 19.9. The number of hydrogen-bond acceptors (Lipinski definition) is 4. The second-order valence-corrected chi connectivity index (χ2v) is 6.51. The lowest BCUT2D eigenvalue weighted by atomic mass is 10.1. The number of aromatic nitrogens is 2. The fraction of sp³-hybridized carbons (Fsp3) is 0.500. The van der Waals surface area contributed by atoms with Crippen molar-refractivity contribution in [1.82, 2.24) is 14.8 Å². The van der Waals surface area contributed by atoms with Crippen molar-refractivity contribution in [1.29, 1.82) is 0 Å². The van der Waals surface area contributed by atoms with Gasteiger partial charge < -0.3 is 4.74 Å². The zero-order valence-electron chi connectivity index (χ0n) is 14.0. The van der Waals surface area contributed by atoms with Gasteiger partial charge >= 0.3 is 0 Å². The number of amides is 1. The Balaban J connectivity index is 0.00000100. The van der Waals surface area contributed by atoms with Gasteiger partial charge in [-0.25, -0.2) is 9.75 Å². The first-order valence-electron chi connectivity index (χ1n) is 7.61. The van der Waals surface area contributed by atoms with E-state index in [9.17, 15) is 4.79 Å². The Morgan fingerprint density at radius 2 is 2.17 bits per heavy atom. The van der Waals surface area contributed by atoms with Crippen molar-refractivity contribution in [2.24, 2.45) is 0 Å². The average molecular weight is 557 g/mol. The Morgan fingerprint density at radius 1 is 1.42 bits per heavy atom. The van der Waals surface area contributed by atoms with Crippen LogP contribution in [0.25, 0.3) is 10.9 Å². The average Bonchev–Trinajstić information content (AvgIpc) is 3.01. The molecule has 1 aromatic carbocycles. The molecule has 0 radical (unpaired) electrons. The quantitative estimate of drug-likeness (QED) is 0.325. The van der Waals surface area contributed by atoms with E-state index in [1.165, 1.54) is 12.2 Å². The van der Waals surface area contributed by atoms with Gasteiger partial charge in [0.15, 0.2) is 11.9 Å². The number of hydrogen-bond donors (Lipinski definition) is 0. The van der Waals surface area contributed by atoms with E-state index in [1.54, 1.807) is 7.05 Å². The smallest absolute Gasteiger partial charge is 0.298 e. The topological polar surface area (TPSA) is 56.6 Å². The predicted molar refractivity (Wildman–Crippen MR) is 110 cm³/mol. The van der Waals surface area contributed by atoms with Gasteiger partial charge in [-0.1, -0.05) is 22.6 Å². The maximum Gasteiger partial charge on any atom is 0.298 e. The summed E-state index contributed by atoms with van der Waals surface area (Å²) in [6, 6.07) is 5.97. The third-order valence-corrected chi connectivity index (χ3v) is 4.53. The Bertz CT molecular complexity index is 699. The predicted octanol–water partition coefficient (Wildman–Crippen LogP) is 4.02. The van der Waals surface area contributed by atoms with Crippen LogP contribution in [0.3, 0.4) is 0 Å². The van der Waals surface area contributed by atoms with Gasteiger partial charge in [0.05, 0.1) is 12.6 Å². The highest BCUT2D eigenvalue weighted by atomic mass is 127. The molecule has 1 fully saturated rings. The van der Waals surface area contributed by atoms with E-state index in [2.05, 4.69) is 50.3 Å². The molecule has 132 valence electrons. The summed E-state index contributed by atoms with van der Waals surface area (Å²) < 4.78 is 8.72. The Hall–Kier alpha value is -0.460. The molecule has 0 N–H and O–H groups in total. The number of benzene rings is 1. The second-order valence-electron chi connectivity index (χ2n) is 5.26. The molecule has 1 atom stereocenters. The zero-order valence-corrected chi connectivity index (χ0v) is 18.3. The van der Waals surface area contributed by atoms with Crippen molar-refractivity contribution in [3.8, 4) is 0 Å². The summed E-state index contributed by atoms with van der Waals surface area (Å²) in [7, 11) is 3.04. The minimum atomic E-state index is -0.260. The molecule has 1 unspecified atom stereocenters. The highest BCUT2D eigenvalue weighted by Gasteiger charge is 2.25. The van der Waals surface area contributed by atoms with Crippen LogP contribution in [0.4, 0.5) is 0 Å². The zero-order chi connectivity index (χ0) is 17.7. The third kappa shape index (κ3) is 4.20. The van der Waals surface area contributed by atoms with Crippen LogP contribution in [0.15, 0.2) is 18.2 Å². The largest absolute Gasteiger partial charge is 0.356 e. The first-order chi connectivity index (χ1) is 11.6. The van der Waals surface area contributed by atoms with Gasteiger partial charge in [0.25, 0.3) is 5.91 Å². The van der Waals surface area contributed by atoms with E-state index in [-0.39, 0.29) is 12.1 Å². The summed E-state index contributed by atoms with van der Waals surface area (Å²) in [5, 5.41) is 6.56. The van der Waals surface area contributed by atoms with Crippen molar-refractivity contribution in [2.45, 2.75) is 25.5 Å². The number of carbonyl (C=O) groups is 1. The number of hydroxylamine groups is 2. The van der Waals surface area contributed by atoms with E-state index in [0.717, 1.165) is 40.3 Å². The number of ether oxygens (including phenoxy) is 1. The maximum absolute atomic E-state index is 12.5. The Morgan fingerprint density at radius 3 is 2.79 bits per heavy atom. The van der Waals surface area contributed by atoms with Crippen molar-refractivity contribution < 1.29 is 14.4 Å². The normalized spacial score (nSPS) is 17.3. The molecule has 1 aliphatic heterocycles. The molecule has 2 heterocycles. The number of carbonyl (C=O) groups excluding carboxylic acids is 1. The van der Waals surface area contributed by atoms with Crippen molar-refractivity contribution in [3.63, 3.8) is 0 Å². The summed E-state index contributed by atoms with van der Waals surface area (Å²) in [6.07, 6.45) is 2.99. The summed E-state index contributed by atoms with van der Waals surface area (Å²) in [6.45, 7) is 0.734. The molecular formula is C16H21I2N3O3. The van der Waals surface area contributed by atoms with Gasteiger partial charge in [-0.2, -0.15) is 5.10 Å². The van der Waals surface area contributed by atoms with Crippen LogP contribution in [-0.4, -0.2) is 46.4 Å². The van der Waals surface area contributed by atoms with Gasteiger partial charge in [-0.05, 0) is 65.0 Å². The Labute approximate surface area is 169 Å². The minimum absolute atomic E-state index is 0.106. The SMILES string of the molecule is CI.CON(C)C(=O)c1nn(C2CCCCO2)c2ccc(I)cc12. The van der Waals surface area contributed by atoms with Crippen LogP contribution in [0, 0.1) is 3.57 Å². The molecule has 3 rings (SSSR count). The van der Waals surface area contributed by atoms with E-state index >= 15 is 0 Å². The van der Waals surface area contributed by atoms with Crippen molar-refractivity contribution >= 4 is 62.0 Å². The van der Waals surface area contributed by atoms with Gasteiger partial charge in [0.2, 0.25) is 0 Å². The lowest BCUT2D eigenvalue weighted by Crippen LogP contribution is -2.26. The number of fused-ring (bicyclic) bond motifs is 1. The standard InChI is InChI=1S/C15H18IN3O3.CH3I/c1-18(21-2)15(20)14-11-9-10(16)6-7-12(11)19(17-14)13-5-3-4-8-22-13;1-2/h6-7,9,13H,3-5,8H2,1-2H3;1H3. The van der Waals surface area contributed by atoms with Gasteiger partial charge in [0.1, 0.15) is 0 Å². The third-order valence-electron chi connectivity index (χ3n) is 3.86. The molecule has 1 aliphatic rings. The number of alkyl halides is 1. The van der Waals surface area contributed by atoms with Gasteiger partial charge in [-0.3, -0.25) is 9.63 Å². The summed E-state index contributed by atoms with van der Waals surface area (Å²) in [5.41, 5.74) is 1.31. The van der Waals surface area contributed by atoms with Crippen LogP contribution in [-0.2, 0) is 9.57 Å².